The fourth-order valence-corrected chi connectivity index (χ4v) is 2.44. The van der Waals surface area contributed by atoms with Crippen LogP contribution in [0.5, 0.6) is 5.88 Å². The topological polar surface area (TPSA) is 90.3 Å². The van der Waals surface area contributed by atoms with E-state index in [1.807, 2.05) is 24.6 Å². The zero-order chi connectivity index (χ0) is 18.2. The van der Waals surface area contributed by atoms with E-state index >= 15 is 0 Å². The number of nitrogens with one attached hydrogen (secondary N) is 2. The summed E-state index contributed by atoms with van der Waals surface area (Å²) in [5.41, 5.74) is 3.87. The number of carbonyl (C=O) groups excluding carboxylic acids is 1. The van der Waals surface area contributed by atoms with Crippen LogP contribution in [0.15, 0.2) is 18.3 Å². The molecule has 0 unspecified atom stereocenters. The summed E-state index contributed by atoms with van der Waals surface area (Å²) >= 11 is 0. The number of nitrogens with zero attached hydrogens (tertiary/aromatic N) is 3. The van der Waals surface area contributed by atoms with Gasteiger partial charge in [-0.15, -0.1) is 0 Å². The summed E-state index contributed by atoms with van der Waals surface area (Å²) in [6, 6.07) is 3.38. The average molecular weight is 347 g/mol. The van der Waals surface area contributed by atoms with Crippen molar-refractivity contribution < 1.29 is 14.3 Å². The molecule has 0 bridgehead atoms. The summed E-state index contributed by atoms with van der Waals surface area (Å²) < 4.78 is 12.0. The van der Waals surface area contributed by atoms with E-state index in [2.05, 4.69) is 20.7 Å². The highest BCUT2D eigenvalue weighted by Crippen LogP contribution is 2.12. The van der Waals surface area contributed by atoms with E-state index in [9.17, 15) is 4.79 Å². The molecule has 0 spiro atoms. The van der Waals surface area contributed by atoms with Crippen LogP contribution in [0, 0.1) is 13.8 Å². The molecular weight excluding hydrogens is 322 g/mol. The largest absolute Gasteiger partial charge is 0.481 e. The van der Waals surface area contributed by atoms with Gasteiger partial charge in [0.05, 0.1) is 26.0 Å². The second-order valence-corrected chi connectivity index (χ2v) is 5.61. The van der Waals surface area contributed by atoms with Crippen molar-refractivity contribution in [3.63, 3.8) is 0 Å². The van der Waals surface area contributed by atoms with Crippen molar-refractivity contribution in [2.75, 3.05) is 20.8 Å². The fourth-order valence-electron chi connectivity index (χ4n) is 2.44. The zero-order valence-electron chi connectivity index (χ0n) is 15.1. The van der Waals surface area contributed by atoms with Crippen LogP contribution in [0.4, 0.5) is 4.79 Å². The SMILES string of the molecule is COCCn1nc(C)c(CNC(=O)NCc2ccc(OC)nc2)c1C. The first-order valence-corrected chi connectivity index (χ1v) is 8.07. The van der Waals surface area contributed by atoms with Gasteiger partial charge in [0.15, 0.2) is 0 Å². The van der Waals surface area contributed by atoms with E-state index in [1.165, 1.54) is 0 Å². The molecular formula is C17H25N5O3. The molecule has 2 amide bonds. The second-order valence-electron chi connectivity index (χ2n) is 5.61. The minimum atomic E-state index is -0.237. The van der Waals surface area contributed by atoms with E-state index < -0.39 is 0 Å². The van der Waals surface area contributed by atoms with Gasteiger partial charge in [-0.3, -0.25) is 4.68 Å². The number of methoxy groups -OCH3 is 2. The standard InChI is InChI=1S/C17H25N5O3/c1-12-15(13(2)22(21-12)7-8-24-3)11-20-17(23)19-10-14-5-6-16(25-4)18-9-14/h5-6,9H,7-8,10-11H2,1-4H3,(H2,19,20,23). The predicted octanol–water partition coefficient (Wildman–Crippen LogP) is 1.55. The lowest BCUT2D eigenvalue weighted by atomic mass is 10.2. The molecule has 2 heterocycles. The summed E-state index contributed by atoms with van der Waals surface area (Å²) in [5.74, 6) is 0.546. The Morgan fingerprint density at radius 3 is 2.60 bits per heavy atom. The van der Waals surface area contributed by atoms with Crippen molar-refractivity contribution in [3.05, 3.63) is 40.8 Å². The maximum atomic E-state index is 12.0. The van der Waals surface area contributed by atoms with Gasteiger partial charge in [-0.1, -0.05) is 6.07 Å². The number of aromatic nitrogens is 3. The van der Waals surface area contributed by atoms with E-state index in [1.54, 1.807) is 26.5 Å². The number of rotatable bonds is 8. The molecule has 0 aliphatic heterocycles. The van der Waals surface area contributed by atoms with Crippen molar-refractivity contribution in [3.8, 4) is 5.88 Å². The maximum Gasteiger partial charge on any atom is 0.315 e. The molecule has 0 fully saturated rings. The zero-order valence-corrected chi connectivity index (χ0v) is 15.1. The number of aryl methyl sites for hydroxylation is 1. The number of urea groups is 1. The first kappa shape index (κ1) is 18.7. The minimum absolute atomic E-state index is 0.237. The van der Waals surface area contributed by atoms with Crippen molar-refractivity contribution in [2.24, 2.45) is 0 Å². The number of pyridine rings is 1. The molecule has 25 heavy (non-hydrogen) atoms. The highest BCUT2D eigenvalue weighted by atomic mass is 16.5. The first-order valence-electron chi connectivity index (χ1n) is 8.07. The molecule has 2 aromatic rings. The molecule has 0 saturated carbocycles. The summed E-state index contributed by atoms with van der Waals surface area (Å²) in [5, 5.41) is 10.2. The Kier molecular flexibility index (Phi) is 6.76. The minimum Gasteiger partial charge on any atom is -0.481 e. The Morgan fingerprint density at radius 2 is 1.96 bits per heavy atom. The van der Waals surface area contributed by atoms with Gasteiger partial charge in [-0.05, 0) is 19.4 Å². The molecule has 0 radical (unpaired) electrons. The molecule has 8 nitrogen and oxygen atoms in total. The lowest BCUT2D eigenvalue weighted by molar-refractivity contribution is 0.182. The monoisotopic (exact) mass is 347 g/mol. The molecule has 0 saturated heterocycles. The smallest absolute Gasteiger partial charge is 0.315 e. The third kappa shape index (κ3) is 5.18. The summed E-state index contributed by atoms with van der Waals surface area (Å²) in [6.45, 7) is 6.05. The molecule has 136 valence electrons. The maximum absolute atomic E-state index is 12.0. The Bertz CT molecular complexity index is 697. The molecule has 0 aliphatic rings. The summed E-state index contributed by atoms with van der Waals surface area (Å²) in [7, 11) is 3.23. The van der Waals surface area contributed by atoms with Crippen molar-refractivity contribution in [1.82, 2.24) is 25.4 Å². The van der Waals surface area contributed by atoms with Crippen molar-refractivity contribution in [2.45, 2.75) is 33.5 Å². The molecule has 0 atom stereocenters. The van der Waals surface area contributed by atoms with Gasteiger partial charge < -0.3 is 20.1 Å². The Balaban J connectivity index is 1.84. The predicted molar refractivity (Wildman–Crippen MR) is 93.4 cm³/mol. The van der Waals surface area contributed by atoms with Gasteiger partial charge in [0.2, 0.25) is 5.88 Å². The highest BCUT2D eigenvalue weighted by Gasteiger charge is 2.12. The number of carbonyl (C=O) groups is 1. The Morgan fingerprint density at radius 1 is 1.20 bits per heavy atom. The lowest BCUT2D eigenvalue weighted by Crippen LogP contribution is -2.34. The normalized spacial score (nSPS) is 10.6. The van der Waals surface area contributed by atoms with Gasteiger partial charge in [-0.25, -0.2) is 9.78 Å². The van der Waals surface area contributed by atoms with Crippen LogP contribution in [-0.2, 0) is 24.4 Å². The fraction of sp³-hybridized carbons (Fsp3) is 0.471. The summed E-state index contributed by atoms with van der Waals surface area (Å²) in [4.78, 5) is 16.1. The molecule has 2 aromatic heterocycles. The third-order valence-corrected chi connectivity index (χ3v) is 3.92. The van der Waals surface area contributed by atoms with E-state index in [4.69, 9.17) is 9.47 Å². The van der Waals surface area contributed by atoms with Crippen LogP contribution in [0.3, 0.4) is 0 Å². The third-order valence-electron chi connectivity index (χ3n) is 3.92. The van der Waals surface area contributed by atoms with Gasteiger partial charge in [0.1, 0.15) is 0 Å². The van der Waals surface area contributed by atoms with Crippen molar-refractivity contribution >= 4 is 6.03 Å². The van der Waals surface area contributed by atoms with E-state index in [-0.39, 0.29) is 6.03 Å². The van der Waals surface area contributed by atoms with Gasteiger partial charge >= 0.3 is 6.03 Å². The average Bonchev–Trinajstić information content (AvgIpc) is 2.90. The van der Waals surface area contributed by atoms with Crippen LogP contribution in [-0.4, -0.2) is 41.6 Å². The summed E-state index contributed by atoms with van der Waals surface area (Å²) in [6.07, 6.45) is 1.67. The second kappa shape index (κ2) is 9.03. The van der Waals surface area contributed by atoms with E-state index in [0.29, 0.717) is 32.1 Å². The molecule has 0 aliphatic carbocycles. The molecule has 0 aromatic carbocycles. The quantitative estimate of drug-likeness (QED) is 0.756. The van der Waals surface area contributed by atoms with Crippen LogP contribution >= 0.6 is 0 Å². The number of amides is 2. The van der Waals surface area contributed by atoms with Crippen molar-refractivity contribution in [1.29, 1.82) is 0 Å². The molecule has 8 heteroatoms. The van der Waals surface area contributed by atoms with Crippen LogP contribution in [0.2, 0.25) is 0 Å². The number of hydrogen-bond acceptors (Lipinski definition) is 5. The van der Waals surface area contributed by atoms with Crippen LogP contribution < -0.4 is 15.4 Å². The highest BCUT2D eigenvalue weighted by molar-refractivity contribution is 5.73. The number of hydrogen-bond donors (Lipinski definition) is 2. The lowest BCUT2D eigenvalue weighted by Gasteiger charge is -2.09. The molecule has 2 rings (SSSR count). The Hall–Kier alpha value is -2.61. The van der Waals surface area contributed by atoms with Crippen LogP contribution in [0.25, 0.3) is 0 Å². The number of ether oxygens (including phenoxy) is 2. The van der Waals surface area contributed by atoms with E-state index in [0.717, 1.165) is 22.5 Å². The van der Waals surface area contributed by atoms with Gasteiger partial charge in [-0.2, -0.15) is 5.10 Å². The first-order chi connectivity index (χ1) is 12.0. The Labute approximate surface area is 147 Å². The van der Waals surface area contributed by atoms with Gasteiger partial charge in [0.25, 0.3) is 0 Å². The van der Waals surface area contributed by atoms with Crippen LogP contribution in [0.1, 0.15) is 22.5 Å². The van der Waals surface area contributed by atoms with Gasteiger partial charge in [0, 0.05) is 43.7 Å². The molecule has 2 N–H and O–H groups in total.